The predicted molar refractivity (Wildman–Crippen MR) is 116 cm³/mol. The maximum Gasteiger partial charge on any atom is 0.347 e. The van der Waals surface area contributed by atoms with Crippen molar-refractivity contribution >= 4 is 27.8 Å². The van der Waals surface area contributed by atoms with Gasteiger partial charge in [-0.1, -0.05) is 30.9 Å². The van der Waals surface area contributed by atoms with Gasteiger partial charge in [0.05, 0.1) is 11.7 Å². The van der Waals surface area contributed by atoms with Gasteiger partial charge in [-0.05, 0) is 31.9 Å². The van der Waals surface area contributed by atoms with Crippen molar-refractivity contribution < 1.29 is 9.21 Å². The number of aryl methyl sites for hydroxylation is 1. The molecule has 3 aromatic rings. The van der Waals surface area contributed by atoms with Crippen LogP contribution in [0.3, 0.4) is 0 Å². The molecule has 0 atom stereocenters. The van der Waals surface area contributed by atoms with Gasteiger partial charge in [0, 0.05) is 37.6 Å². The van der Waals surface area contributed by atoms with E-state index in [4.69, 9.17) is 4.42 Å². The van der Waals surface area contributed by atoms with Gasteiger partial charge in [0.15, 0.2) is 0 Å². The van der Waals surface area contributed by atoms with Crippen molar-refractivity contribution in [2.75, 3.05) is 26.2 Å². The maximum absolute atomic E-state index is 13.0. The summed E-state index contributed by atoms with van der Waals surface area (Å²) in [7, 11) is 0. The molecule has 2 aliphatic rings. The van der Waals surface area contributed by atoms with E-state index in [1.54, 1.807) is 10.7 Å². The van der Waals surface area contributed by atoms with E-state index < -0.39 is 5.63 Å². The van der Waals surface area contributed by atoms with E-state index in [9.17, 15) is 9.59 Å². The van der Waals surface area contributed by atoms with E-state index >= 15 is 0 Å². The molecular formula is C23H28N4O3. The Balaban J connectivity index is 1.35. The molecule has 0 unspecified atom stereocenters. The number of carbonyl (C=O) groups is 1. The third-order valence-electron chi connectivity index (χ3n) is 6.70. The number of hydrogen-bond donors (Lipinski definition) is 0. The smallest absolute Gasteiger partial charge is 0.347 e. The quantitative estimate of drug-likeness (QED) is 0.623. The number of nitrogens with zero attached hydrogens (tertiary/aromatic N) is 4. The first-order chi connectivity index (χ1) is 14.6. The summed E-state index contributed by atoms with van der Waals surface area (Å²) in [5, 5.41) is 5.59. The van der Waals surface area contributed by atoms with Gasteiger partial charge in [0.2, 0.25) is 5.91 Å². The number of hydrogen-bond acceptors (Lipinski definition) is 5. The lowest BCUT2D eigenvalue weighted by Crippen LogP contribution is -2.52. The molecule has 158 valence electrons. The van der Waals surface area contributed by atoms with E-state index in [0.717, 1.165) is 37.1 Å². The van der Waals surface area contributed by atoms with E-state index in [0.29, 0.717) is 22.5 Å². The normalized spacial score (nSPS) is 19.0. The predicted octanol–water partition coefficient (Wildman–Crippen LogP) is 2.93. The zero-order valence-electron chi connectivity index (χ0n) is 17.5. The zero-order valence-corrected chi connectivity index (χ0v) is 17.5. The van der Waals surface area contributed by atoms with Crippen molar-refractivity contribution in [2.45, 2.75) is 51.6 Å². The summed E-state index contributed by atoms with van der Waals surface area (Å²) < 4.78 is 7.08. The van der Waals surface area contributed by atoms with Crippen molar-refractivity contribution in [1.29, 1.82) is 0 Å². The van der Waals surface area contributed by atoms with Crippen molar-refractivity contribution in [2.24, 2.45) is 0 Å². The third-order valence-corrected chi connectivity index (χ3v) is 6.70. The Morgan fingerprint density at radius 2 is 1.87 bits per heavy atom. The highest BCUT2D eigenvalue weighted by Crippen LogP contribution is 2.25. The Kier molecular flexibility index (Phi) is 5.06. The highest BCUT2D eigenvalue weighted by Gasteiger charge is 2.27. The fraction of sp³-hybridized carbons (Fsp3) is 0.522. The second kappa shape index (κ2) is 7.87. The molecule has 0 bridgehead atoms. The maximum atomic E-state index is 13.0. The van der Waals surface area contributed by atoms with Crippen LogP contribution in [-0.2, 0) is 11.3 Å². The highest BCUT2D eigenvalue weighted by atomic mass is 16.4. The van der Waals surface area contributed by atoms with Gasteiger partial charge >= 0.3 is 5.63 Å². The lowest BCUT2D eigenvalue weighted by atomic mass is 9.94. The number of fused-ring (bicyclic) bond motifs is 3. The summed E-state index contributed by atoms with van der Waals surface area (Å²) >= 11 is 0. The molecule has 0 spiro atoms. The van der Waals surface area contributed by atoms with Crippen LogP contribution < -0.4 is 5.63 Å². The molecule has 1 aliphatic heterocycles. The van der Waals surface area contributed by atoms with Crippen LogP contribution in [0.25, 0.3) is 21.9 Å². The van der Waals surface area contributed by atoms with Crippen molar-refractivity contribution in [3.63, 3.8) is 0 Å². The Labute approximate surface area is 175 Å². The minimum absolute atomic E-state index is 0.0531. The van der Waals surface area contributed by atoms with Crippen LogP contribution in [0.5, 0.6) is 0 Å². The SMILES string of the molecule is Cc1ccc2oc(=O)c3cnn(CC(=O)N4CCN(C5CCCCC5)CC4)c3c2c1. The number of amides is 1. The van der Waals surface area contributed by atoms with E-state index in [-0.39, 0.29) is 12.5 Å². The summed E-state index contributed by atoms with van der Waals surface area (Å²) in [4.78, 5) is 29.9. The molecule has 7 nitrogen and oxygen atoms in total. The Morgan fingerprint density at radius 3 is 2.63 bits per heavy atom. The molecule has 2 fully saturated rings. The van der Waals surface area contributed by atoms with E-state index in [2.05, 4.69) is 10.00 Å². The first kappa shape index (κ1) is 19.3. The van der Waals surface area contributed by atoms with Crippen LogP contribution in [0, 0.1) is 6.92 Å². The number of aromatic nitrogens is 2. The fourth-order valence-corrected chi connectivity index (χ4v) is 5.02. The first-order valence-electron chi connectivity index (χ1n) is 11.0. The molecule has 0 radical (unpaired) electrons. The summed E-state index contributed by atoms with van der Waals surface area (Å²) in [6.07, 6.45) is 8.12. The molecule has 1 aromatic carbocycles. The number of carbonyl (C=O) groups excluding carboxylic acids is 1. The molecule has 7 heteroatoms. The van der Waals surface area contributed by atoms with Gasteiger partial charge in [-0.2, -0.15) is 5.10 Å². The average Bonchev–Trinajstić information content (AvgIpc) is 3.20. The molecule has 0 N–H and O–H groups in total. The zero-order chi connectivity index (χ0) is 20.7. The van der Waals surface area contributed by atoms with E-state index in [1.165, 1.54) is 38.3 Å². The van der Waals surface area contributed by atoms with Gasteiger partial charge in [-0.25, -0.2) is 4.79 Å². The summed E-state index contributed by atoms with van der Waals surface area (Å²) in [5.74, 6) is 0.0531. The van der Waals surface area contributed by atoms with Crippen LogP contribution in [0.15, 0.2) is 33.6 Å². The van der Waals surface area contributed by atoms with Crippen LogP contribution in [0.2, 0.25) is 0 Å². The monoisotopic (exact) mass is 408 g/mol. The Morgan fingerprint density at radius 1 is 1.10 bits per heavy atom. The number of benzene rings is 1. The molecule has 2 aromatic heterocycles. The molecule has 1 amide bonds. The molecule has 3 heterocycles. The molecule has 1 aliphatic carbocycles. The van der Waals surface area contributed by atoms with E-state index in [1.807, 2.05) is 24.0 Å². The van der Waals surface area contributed by atoms with Crippen molar-refractivity contribution in [3.05, 3.63) is 40.4 Å². The summed E-state index contributed by atoms with van der Waals surface area (Å²) in [6.45, 7) is 5.55. The van der Waals surface area contributed by atoms with Crippen LogP contribution in [0.1, 0.15) is 37.7 Å². The van der Waals surface area contributed by atoms with Crippen molar-refractivity contribution in [1.82, 2.24) is 19.6 Å². The second-order valence-electron chi connectivity index (χ2n) is 8.66. The Bertz CT molecular complexity index is 1130. The standard InChI is InChI=1S/C23H28N4O3/c1-16-7-8-20-18(13-16)22-19(23(29)30-20)14-24-27(22)15-21(28)26-11-9-25(10-12-26)17-5-3-2-4-6-17/h7-8,13-14,17H,2-6,9-12,15H2,1H3. The summed E-state index contributed by atoms with van der Waals surface area (Å²) in [6, 6.07) is 6.38. The van der Waals surface area contributed by atoms with Crippen molar-refractivity contribution in [3.8, 4) is 0 Å². The van der Waals surface area contributed by atoms with Crippen LogP contribution in [0.4, 0.5) is 0 Å². The van der Waals surface area contributed by atoms with Gasteiger partial charge in [0.25, 0.3) is 0 Å². The minimum atomic E-state index is -0.416. The second-order valence-corrected chi connectivity index (χ2v) is 8.66. The van der Waals surface area contributed by atoms with Crippen LogP contribution >= 0.6 is 0 Å². The van der Waals surface area contributed by atoms with Gasteiger partial charge in [-0.3, -0.25) is 14.4 Å². The molecule has 1 saturated heterocycles. The highest BCUT2D eigenvalue weighted by molar-refractivity contribution is 6.02. The first-order valence-corrected chi connectivity index (χ1v) is 11.0. The molecule has 1 saturated carbocycles. The Hall–Kier alpha value is -2.67. The summed E-state index contributed by atoms with van der Waals surface area (Å²) in [5.41, 5.74) is 1.85. The largest absolute Gasteiger partial charge is 0.422 e. The van der Waals surface area contributed by atoms with Gasteiger partial charge < -0.3 is 9.32 Å². The molecular weight excluding hydrogens is 380 g/mol. The lowest BCUT2D eigenvalue weighted by Gasteiger charge is -2.40. The third kappa shape index (κ3) is 3.51. The molecule has 5 rings (SSSR count). The lowest BCUT2D eigenvalue weighted by molar-refractivity contribution is -0.134. The van der Waals surface area contributed by atoms with Gasteiger partial charge in [-0.15, -0.1) is 0 Å². The number of rotatable bonds is 3. The number of piperazine rings is 1. The average molecular weight is 409 g/mol. The van der Waals surface area contributed by atoms with Gasteiger partial charge in [0.1, 0.15) is 17.5 Å². The minimum Gasteiger partial charge on any atom is -0.422 e. The molecule has 30 heavy (non-hydrogen) atoms. The van der Waals surface area contributed by atoms with Crippen LogP contribution in [-0.4, -0.2) is 57.7 Å². The fourth-order valence-electron chi connectivity index (χ4n) is 5.02. The topological polar surface area (TPSA) is 71.6 Å².